The largest absolute Gasteiger partial charge is 0.366 e. The van der Waals surface area contributed by atoms with Crippen LogP contribution < -0.4 is 21.2 Å². The average molecular weight is 404 g/mol. The van der Waals surface area contributed by atoms with Crippen LogP contribution in [0.1, 0.15) is 22.4 Å². The lowest BCUT2D eigenvalue weighted by Crippen LogP contribution is -2.51. The maximum absolute atomic E-state index is 4.79. The van der Waals surface area contributed by atoms with Gasteiger partial charge in [-0.05, 0) is 55.7 Å². The van der Waals surface area contributed by atoms with Crippen molar-refractivity contribution in [2.24, 2.45) is 0 Å². The Balaban J connectivity index is 1.47. The van der Waals surface area contributed by atoms with Crippen LogP contribution in [0.4, 0.5) is 5.00 Å². The second-order valence-electron chi connectivity index (χ2n) is 7.67. The van der Waals surface area contributed by atoms with Gasteiger partial charge in [-0.15, -0.1) is 11.3 Å². The highest BCUT2D eigenvalue weighted by Crippen LogP contribution is 2.34. The van der Waals surface area contributed by atoms with Crippen molar-refractivity contribution < 1.29 is 0 Å². The number of hydrogen-bond donors (Lipinski definition) is 2. The van der Waals surface area contributed by atoms with Crippen LogP contribution in [0, 0.1) is 6.92 Å². The molecular weight excluding hydrogens is 378 g/mol. The van der Waals surface area contributed by atoms with Gasteiger partial charge >= 0.3 is 0 Å². The molecule has 29 heavy (non-hydrogen) atoms. The molecule has 2 aliphatic heterocycles. The minimum absolute atomic E-state index is 0.458. The fourth-order valence-corrected chi connectivity index (χ4v) is 5.11. The molecule has 0 spiro atoms. The zero-order valence-electron chi connectivity index (χ0n) is 16.6. The van der Waals surface area contributed by atoms with Crippen molar-refractivity contribution in [3.05, 3.63) is 75.5 Å². The van der Waals surface area contributed by atoms with Crippen molar-refractivity contribution in [2.45, 2.75) is 25.8 Å². The summed E-state index contributed by atoms with van der Waals surface area (Å²) in [4.78, 5) is 12.8. The van der Waals surface area contributed by atoms with E-state index in [9.17, 15) is 0 Å². The molecule has 1 saturated heterocycles. The van der Waals surface area contributed by atoms with E-state index in [-0.39, 0.29) is 0 Å². The third-order valence-electron chi connectivity index (χ3n) is 5.63. The van der Waals surface area contributed by atoms with Crippen molar-refractivity contribution in [1.29, 1.82) is 0 Å². The van der Waals surface area contributed by atoms with Crippen LogP contribution in [-0.2, 0) is 6.42 Å². The molecule has 1 atom stereocenters. The third kappa shape index (κ3) is 3.78. The number of aromatic nitrogens is 2. The summed E-state index contributed by atoms with van der Waals surface area (Å²) in [7, 11) is 0. The number of hydrogen-bond acceptors (Lipinski definition) is 6. The molecule has 5 nitrogen and oxygen atoms in total. The highest BCUT2D eigenvalue weighted by molar-refractivity contribution is 7.16. The van der Waals surface area contributed by atoms with Gasteiger partial charge in [0.05, 0.1) is 11.0 Å². The number of pyridine rings is 2. The number of nitrogens with zero attached hydrogens (tertiary/aromatic N) is 3. The molecule has 5 rings (SSSR count). The normalized spacial score (nSPS) is 18.3. The zero-order chi connectivity index (χ0) is 19.6. The topological polar surface area (TPSA) is 53.1 Å². The Labute approximate surface area is 174 Å². The highest BCUT2D eigenvalue weighted by atomic mass is 32.1. The third-order valence-corrected chi connectivity index (χ3v) is 6.62. The van der Waals surface area contributed by atoms with E-state index in [1.54, 1.807) is 0 Å². The summed E-state index contributed by atoms with van der Waals surface area (Å²) in [6.45, 7) is 5.14. The lowest BCUT2D eigenvalue weighted by atomic mass is 10.0. The van der Waals surface area contributed by atoms with Gasteiger partial charge in [-0.1, -0.05) is 0 Å². The second-order valence-corrected chi connectivity index (χ2v) is 8.93. The molecule has 3 aromatic heterocycles. The molecule has 2 aliphatic rings. The number of anilines is 1. The van der Waals surface area contributed by atoms with Crippen LogP contribution in [0.5, 0.6) is 0 Å². The first-order chi connectivity index (χ1) is 14.3. The molecular formula is C23H25N5S. The molecule has 0 aliphatic carbocycles. The summed E-state index contributed by atoms with van der Waals surface area (Å²) in [5.74, 6) is 0. The smallest absolute Gasteiger partial charge is 0.102 e. The molecule has 0 bridgehead atoms. The Morgan fingerprint density at radius 2 is 2.10 bits per heavy atom. The first-order valence-corrected chi connectivity index (χ1v) is 11.0. The van der Waals surface area contributed by atoms with Crippen molar-refractivity contribution in [3.8, 4) is 0 Å². The Morgan fingerprint density at radius 3 is 3.00 bits per heavy atom. The summed E-state index contributed by atoms with van der Waals surface area (Å²) in [6.07, 6.45) is 9.93. The fraction of sp³-hybridized carbons (Fsp3) is 0.304. The number of thiophene rings is 1. The Bertz CT molecular complexity index is 1120. The summed E-state index contributed by atoms with van der Waals surface area (Å²) in [6, 6.07) is 11.1. The first-order valence-electron chi connectivity index (χ1n) is 10.2. The summed E-state index contributed by atoms with van der Waals surface area (Å²) in [5.41, 5.74) is 3.88. The van der Waals surface area contributed by atoms with Gasteiger partial charge in [-0.2, -0.15) is 0 Å². The van der Waals surface area contributed by atoms with Gasteiger partial charge in [0.25, 0.3) is 0 Å². The number of fused-ring (bicyclic) bond motifs is 2. The number of nitrogens with one attached hydrogen (secondary N) is 2. The second kappa shape index (κ2) is 7.97. The Kier molecular flexibility index (Phi) is 5.04. The molecule has 6 heteroatoms. The van der Waals surface area contributed by atoms with Crippen LogP contribution in [0.15, 0.2) is 48.9 Å². The average Bonchev–Trinajstić information content (AvgIpc) is 3.05. The van der Waals surface area contributed by atoms with Crippen molar-refractivity contribution >= 4 is 28.2 Å². The SMILES string of the molecule is Cc1cc2c(s1)NC=c1cccnc1=C2N1CCNC(CCc2ccncc2)C1. The summed E-state index contributed by atoms with van der Waals surface area (Å²) >= 11 is 1.81. The minimum Gasteiger partial charge on any atom is -0.366 e. The van der Waals surface area contributed by atoms with Crippen molar-refractivity contribution in [1.82, 2.24) is 20.2 Å². The van der Waals surface area contributed by atoms with Gasteiger partial charge in [-0.25, -0.2) is 0 Å². The quantitative estimate of drug-likeness (QED) is 0.699. The zero-order valence-corrected chi connectivity index (χ0v) is 17.4. The van der Waals surface area contributed by atoms with Crippen LogP contribution >= 0.6 is 11.3 Å². The van der Waals surface area contributed by atoms with E-state index in [1.165, 1.54) is 26.7 Å². The predicted molar refractivity (Wildman–Crippen MR) is 119 cm³/mol. The Hall–Kier alpha value is -2.70. The predicted octanol–water partition coefficient (Wildman–Crippen LogP) is 2.07. The summed E-state index contributed by atoms with van der Waals surface area (Å²) < 4.78 is 0. The molecule has 148 valence electrons. The van der Waals surface area contributed by atoms with Crippen LogP contribution in [-0.4, -0.2) is 40.5 Å². The minimum atomic E-state index is 0.458. The van der Waals surface area contributed by atoms with Gasteiger partial charge in [0.2, 0.25) is 0 Å². The summed E-state index contributed by atoms with van der Waals surface area (Å²) in [5, 5.41) is 10.7. The number of piperazine rings is 1. The van der Waals surface area contributed by atoms with E-state index in [0.717, 1.165) is 43.0 Å². The number of aryl methyl sites for hydroxylation is 2. The van der Waals surface area contributed by atoms with Crippen LogP contribution in [0.2, 0.25) is 0 Å². The van der Waals surface area contributed by atoms with Gasteiger partial charge in [0.1, 0.15) is 5.00 Å². The monoisotopic (exact) mass is 403 g/mol. The van der Waals surface area contributed by atoms with E-state index in [4.69, 9.17) is 4.98 Å². The standard InChI is InChI=1S/C23H25N5S/c1-16-13-20-22(21-18(3-2-8-26-21)14-27-23(20)29-16)28-12-11-25-19(15-28)5-4-17-6-9-24-10-7-17/h2-3,6-10,13-14,19,25,27H,4-5,11-12,15H2,1H3. The maximum atomic E-state index is 4.79. The van der Waals surface area contributed by atoms with Gasteiger partial charge in [-0.3, -0.25) is 9.97 Å². The van der Waals surface area contributed by atoms with E-state index < -0.39 is 0 Å². The molecule has 5 heterocycles. The van der Waals surface area contributed by atoms with Gasteiger partial charge < -0.3 is 15.5 Å². The van der Waals surface area contributed by atoms with Crippen LogP contribution in [0.25, 0.3) is 11.9 Å². The lowest BCUT2D eigenvalue weighted by Gasteiger charge is -2.36. The van der Waals surface area contributed by atoms with Gasteiger partial charge in [0.15, 0.2) is 0 Å². The molecule has 0 aromatic carbocycles. The van der Waals surface area contributed by atoms with Crippen molar-refractivity contribution in [2.75, 3.05) is 25.0 Å². The Morgan fingerprint density at radius 1 is 1.21 bits per heavy atom. The number of rotatable bonds is 4. The van der Waals surface area contributed by atoms with Gasteiger partial charge in [0, 0.05) is 66.1 Å². The fourth-order valence-electron chi connectivity index (χ4n) is 4.23. The molecule has 0 amide bonds. The van der Waals surface area contributed by atoms with E-state index in [2.05, 4.69) is 57.9 Å². The molecule has 1 fully saturated rings. The molecule has 0 radical (unpaired) electrons. The van der Waals surface area contributed by atoms with Crippen LogP contribution in [0.3, 0.4) is 0 Å². The van der Waals surface area contributed by atoms with Crippen molar-refractivity contribution in [3.63, 3.8) is 0 Å². The van der Waals surface area contributed by atoms with E-state index in [1.807, 2.05) is 36.0 Å². The molecule has 2 N–H and O–H groups in total. The van der Waals surface area contributed by atoms with E-state index in [0.29, 0.717) is 6.04 Å². The molecule has 1 unspecified atom stereocenters. The highest BCUT2D eigenvalue weighted by Gasteiger charge is 2.26. The first kappa shape index (κ1) is 18.3. The maximum Gasteiger partial charge on any atom is 0.102 e. The molecule has 0 saturated carbocycles. The molecule has 3 aromatic rings. The lowest BCUT2D eigenvalue weighted by molar-refractivity contribution is 0.268. The van der Waals surface area contributed by atoms with E-state index >= 15 is 0 Å².